The number of aliphatic hydroxyl groups excluding tert-OH is 1. The molecule has 8 heteroatoms. The van der Waals surface area contributed by atoms with Crippen LogP contribution in [0.2, 0.25) is 5.02 Å². The van der Waals surface area contributed by atoms with Crippen LogP contribution in [0, 0.1) is 5.92 Å². The van der Waals surface area contributed by atoms with Gasteiger partial charge in [0.25, 0.3) is 0 Å². The number of halogens is 1. The Balaban J connectivity index is 2.14. The Morgan fingerprint density at radius 2 is 2.18 bits per heavy atom. The van der Waals surface area contributed by atoms with Crippen molar-refractivity contribution in [3.05, 3.63) is 23.2 Å². The molecule has 2 aromatic rings. The van der Waals surface area contributed by atoms with E-state index in [1.54, 1.807) is 0 Å². The second-order valence-corrected chi connectivity index (χ2v) is 6.08. The Bertz CT molecular complexity index is 655. The largest absolute Gasteiger partial charge is 0.396 e. The molecule has 1 heterocycles. The summed E-state index contributed by atoms with van der Waals surface area (Å²) in [5, 5.41) is 21.6. The number of rotatable bonds is 6. The Labute approximate surface area is 136 Å². The molecule has 2 unspecified atom stereocenters. The van der Waals surface area contributed by atoms with E-state index in [1.165, 1.54) is 0 Å². The van der Waals surface area contributed by atoms with Crippen LogP contribution in [0.4, 0.5) is 11.8 Å². The molecule has 0 aliphatic carbocycles. The Morgan fingerprint density at radius 3 is 2.86 bits per heavy atom. The fourth-order valence-corrected chi connectivity index (χ4v) is 2.34. The summed E-state index contributed by atoms with van der Waals surface area (Å²) in [6.45, 7) is 2.77. The van der Waals surface area contributed by atoms with Crippen LogP contribution in [0.5, 0.6) is 0 Å². The van der Waals surface area contributed by atoms with E-state index in [-0.39, 0.29) is 18.3 Å². The number of aliphatic hydroxyl groups is 1. The maximum atomic E-state index is 8.98. The van der Waals surface area contributed by atoms with Crippen molar-refractivity contribution in [2.75, 3.05) is 24.2 Å². The summed E-state index contributed by atoms with van der Waals surface area (Å²) < 4.78 is 0. The molecule has 4 N–H and O–H groups in total. The molecule has 0 fully saturated rings. The number of benzene rings is 1. The number of nitrogens with one attached hydrogen (secondary N) is 1. The quantitative estimate of drug-likeness (QED) is 0.693. The van der Waals surface area contributed by atoms with E-state index >= 15 is 0 Å². The molecule has 0 bridgehead atoms. The standard InChI is InChI=1S/C14H19ClN5OP/c1-8(7-21)5-6-17-14-18-13(16)12(19-20-14)9-3-2-4-10(22)11(9)15/h2-4,8,21H,5-7,22H2,1H3,(H3,16,17,18,20). The molecule has 2 rings (SSSR count). The average molecular weight is 340 g/mol. The fourth-order valence-electron chi connectivity index (χ4n) is 1.86. The van der Waals surface area contributed by atoms with Gasteiger partial charge in [0.1, 0.15) is 5.69 Å². The maximum Gasteiger partial charge on any atom is 0.244 e. The molecule has 0 saturated heterocycles. The predicted octanol–water partition coefficient (Wildman–Crippen LogP) is 1.70. The van der Waals surface area contributed by atoms with Gasteiger partial charge in [0.15, 0.2) is 5.82 Å². The molecule has 0 amide bonds. The first kappa shape index (κ1) is 16.9. The highest BCUT2D eigenvalue weighted by molar-refractivity contribution is 7.28. The highest BCUT2D eigenvalue weighted by atomic mass is 35.5. The summed E-state index contributed by atoms with van der Waals surface area (Å²) in [6.07, 6.45) is 0.808. The first-order chi connectivity index (χ1) is 10.5. The molecule has 0 saturated carbocycles. The molecule has 118 valence electrons. The van der Waals surface area contributed by atoms with Crippen LogP contribution in [0.1, 0.15) is 13.3 Å². The third-order valence-corrected chi connectivity index (χ3v) is 4.32. The second kappa shape index (κ2) is 7.68. The van der Waals surface area contributed by atoms with Crippen molar-refractivity contribution in [1.82, 2.24) is 15.2 Å². The van der Waals surface area contributed by atoms with Gasteiger partial charge in [-0.05, 0) is 17.6 Å². The van der Waals surface area contributed by atoms with Crippen LogP contribution < -0.4 is 16.4 Å². The van der Waals surface area contributed by atoms with Crippen LogP contribution in [0.15, 0.2) is 18.2 Å². The first-order valence-electron chi connectivity index (χ1n) is 6.92. The fraction of sp³-hybridized carbons (Fsp3) is 0.357. The average Bonchev–Trinajstić information content (AvgIpc) is 2.50. The van der Waals surface area contributed by atoms with Gasteiger partial charge in [-0.3, -0.25) is 0 Å². The van der Waals surface area contributed by atoms with Gasteiger partial charge >= 0.3 is 0 Å². The lowest BCUT2D eigenvalue weighted by molar-refractivity contribution is 0.233. The molecule has 0 spiro atoms. The molecule has 1 aromatic carbocycles. The van der Waals surface area contributed by atoms with E-state index in [0.29, 0.717) is 28.8 Å². The van der Waals surface area contributed by atoms with Crippen molar-refractivity contribution >= 4 is 37.9 Å². The third kappa shape index (κ3) is 4.03. The van der Waals surface area contributed by atoms with E-state index in [1.807, 2.05) is 25.1 Å². The predicted molar refractivity (Wildman–Crippen MR) is 93.4 cm³/mol. The van der Waals surface area contributed by atoms with Crippen LogP contribution in [0.3, 0.4) is 0 Å². The molecular weight excluding hydrogens is 321 g/mol. The second-order valence-electron chi connectivity index (χ2n) is 5.08. The molecule has 2 atom stereocenters. The molecule has 0 aliphatic heterocycles. The van der Waals surface area contributed by atoms with E-state index < -0.39 is 0 Å². The zero-order chi connectivity index (χ0) is 16.1. The molecule has 22 heavy (non-hydrogen) atoms. The molecule has 6 nitrogen and oxygen atoms in total. The minimum atomic E-state index is 0.158. The van der Waals surface area contributed by atoms with Crippen molar-refractivity contribution in [2.24, 2.45) is 5.92 Å². The van der Waals surface area contributed by atoms with Crippen LogP contribution in [-0.4, -0.2) is 33.4 Å². The highest BCUT2D eigenvalue weighted by Crippen LogP contribution is 2.28. The van der Waals surface area contributed by atoms with E-state index in [4.69, 9.17) is 22.4 Å². The normalized spacial score (nSPS) is 12.2. The Morgan fingerprint density at radius 1 is 1.41 bits per heavy atom. The molecular formula is C14H19ClN5OP. The lowest BCUT2D eigenvalue weighted by atomic mass is 10.1. The van der Waals surface area contributed by atoms with Crippen molar-refractivity contribution < 1.29 is 5.11 Å². The summed E-state index contributed by atoms with van der Waals surface area (Å²) in [4.78, 5) is 4.21. The van der Waals surface area contributed by atoms with Gasteiger partial charge in [-0.25, -0.2) is 0 Å². The van der Waals surface area contributed by atoms with Crippen molar-refractivity contribution in [2.45, 2.75) is 13.3 Å². The Hall–Kier alpha value is -1.49. The highest BCUT2D eigenvalue weighted by Gasteiger charge is 2.13. The summed E-state index contributed by atoms with van der Waals surface area (Å²) in [6, 6.07) is 5.58. The van der Waals surface area contributed by atoms with Gasteiger partial charge in [0.2, 0.25) is 5.95 Å². The van der Waals surface area contributed by atoms with Gasteiger partial charge < -0.3 is 16.2 Å². The molecule has 0 radical (unpaired) electrons. The van der Waals surface area contributed by atoms with E-state index in [9.17, 15) is 0 Å². The zero-order valence-electron chi connectivity index (χ0n) is 12.3. The summed E-state index contributed by atoms with van der Waals surface area (Å²) in [5.74, 6) is 0.857. The number of hydrogen-bond donors (Lipinski definition) is 3. The SMILES string of the molecule is CC(CO)CCNc1nnc(-c2cccc(P)c2Cl)c(N)n1. The van der Waals surface area contributed by atoms with Crippen LogP contribution in [0.25, 0.3) is 11.3 Å². The van der Waals surface area contributed by atoms with Gasteiger partial charge in [-0.15, -0.1) is 19.4 Å². The molecule has 1 aromatic heterocycles. The minimum Gasteiger partial charge on any atom is -0.396 e. The number of nitrogen functional groups attached to an aromatic ring is 1. The van der Waals surface area contributed by atoms with Crippen LogP contribution in [-0.2, 0) is 0 Å². The third-order valence-electron chi connectivity index (χ3n) is 3.23. The summed E-state index contributed by atoms with van der Waals surface area (Å²) in [7, 11) is 2.56. The van der Waals surface area contributed by atoms with Gasteiger partial charge in [0.05, 0.1) is 5.02 Å². The van der Waals surface area contributed by atoms with Gasteiger partial charge in [-0.2, -0.15) is 4.98 Å². The van der Waals surface area contributed by atoms with E-state index in [2.05, 4.69) is 29.7 Å². The number of anilines is 2. The molecule has 0 aliphatic rings. The van der Waals surface area contributed by atoms with Gasteiger partial charge in [0, 0.05) is 18.7 Å². The topological polar surface area (TPSA) is 97.0 Å². The minimum absolute atomic E-state index is 0.158. The van der Waals surface area contributed by atoms with Crippen molar-refractivity contribution in [3.8, 4) is 11.3 Å². The van der Waals surface area contributed by atoms with Gasteiger partial charge in [-0.1, -0.05) is 36.7 Å². The zero-order valence-corrected chi connectivity index (χ0v) is 14.2. The monoisotopic (exact) mass is 339 g/mol. The van der Waals surface area contributed by atoms with Crippen LogP contribution >= 0.6 is 20.8 Å². The lowest BCUT2D eigenvalue weighted by Gasteiger charge is -2.10. The maximum absolute atomic E-state index is 8.98. The number of hydrogen-bond acceptors (Lipinski definition) is 6. The van der Waals surface area contributed by atoms with Crippen molar-refractivity contribution in [1.29, 1.82) is 0 Å². The number of aromatic nitrogens is 3. The lowest BCUT2D eigenvalue weighted by Crippen LogP contribution is -2.13. The smallest absolute Gasteiger partial charge is 0.244 e. The van der Waals surface area contributed by atoms with Crippen molar-refractivity contribution in [3.63, 3.8) is 0 Å². The first-order valence-corrected chi connectivity index (χ1v) is 7.87. The summed E-state index contributed by atoms with van der Waals surface area (Å²) >= 11 is 6.26. The summed E-state index contributed by atoms with van der Waals surface area (Å²) in [5.41, 5.74) is 7.13. The van der Waals surface area contributed by atoms with E-state index in [0.717, 1.165) is 11.7 Å². The number of nitrogens with zero attached hydrogens (tertiary/aromatic N) is 3. The Kier molecular flexibility index (Phi) is 5.89. The number of nitrogens with two attached hydrogens (primary N) is 1.